The molecule has 462 valence electrons. The van der Waals surface area contributed by atoms with Gasteiger partial charge in [0.05, 0.1) is 39.9 Å². The molecule has 0 aliphatic carbocycles. The van der Waals surface area contributed by atoms with Crippen LogP contribution in [0.1, 0.15) is 348 Å². The first-order valence-corrected chi connectivity index (χ1v) is 35.8. The Morgan fingerprint density at radius 1 is 0.436 bits per heavy atom. The van der Waals surface area contributed by atoms with Crippen molar-refractivity contribution in [1.29, 1.82) is 0 Å². The zero-order chi connectivity index (χ0) is 57.0. The van der Waals surface area contributed by atoms with E-state index in [0.717, 1.165) is 44.9 Å². The molecule has 3 unspecified atom stereocenters. The Bertz CT molecular complexity index is 1360. The van der Waals surface area contributed by atoms with E-state index in [-0.39, 0.29) is 12.5 Å². The Balaban J connectivity index is 4.12. The second-order valence-corrected chi connectivity index (χ2v) is 26.3. The van der Waals surface area contributed by atoms with Crippen LogP contribution in [-0.2, 0) is 18.4 Å². The van der Waals surface area contributed by atoms with Gasteiger partial charge in [-0.3, -0.25) is 9.36 Å². The van der Waals surface area contributed by atoms with Crippen LogP contribution < -0.4 is 10.2 Å². The normalized spacial score (nSPS) is 13.9. The Labute approximate surface area is 487 Å². The van der Waals surface area contributed by atoms with E-state index in [0.29, 0.717) is 17.4 Å². The van der Waals surface area contributed by atoms with Crippen LogP contribution >= 0.6 is 7.82 Å². The summed E-state index contributed by atoms with van der Waals surface area (Å²) in [6.45, 7) is 4.68. The molecule has 0 radical (unpaired) electrons. The molecule has 0 aromatic carbocycles. The number of allylic oxidation sites excluding steroid dienone is 5. The lowest BCUT2D eigenvalue weighted by Crippen LogP contribution is -2.45. The van der Waals surface area contributed by atoms with Crippen LogP contribution in [0.15, 0.2) is 36.5 Å². The number of aliphatic hydroxyl groups excluding tert-OH is 1. The summed E-state index contributed by atoms with van der Waals surface area (Å²) in [6, 6.07) is -0.909. The summed E-state index contributed by atoms with van der Waals surface area (Å²) in [5.74, 6) is -0.204. The molecule has 3 atom stereocenters. The molecule has 0 spiro atoms. The lowest BCUT2D eigenvalue weighted by molar-refractivity contribution is -0.870. The average Bonchev–Trinajstić information content (AvgIpc) is 3.41. The molecular formula is C69H135N2O6P. The van der Waals surface area contributed by atoms with Gasteiger partial charge in [-0.25, -0.2) is 0 Å². The highest BCUT2D eigenvalue weighted by Crippen LogP contribution is 2.38. The van der Waals surface area contributed by atoms with Gasteiger partial charge in [-0.1, -0.05) is 333 Å². The zero-order valence-electron chi connectivity index (χ0n) is 52.9. The second-order valence-electron chi connectivity index (χ2n) is 24.9. The molecule has 0 rings (SSSR count). The Kier molecular flexibility index (Phi) is 59.3. The maximum absolute atomic E-state index is 13.0. The minimum atomic E-state index is -4.61. The number of carbonyl (C=O) groups is 1. The number of rotatable bonds is 64. The first-order chi connectivity index (χ1) is 38.0. The van der Waals surface area contributed by atoms with E-state index in [1.165, 1.54) is 283 Å². The van der Waals surface area contributed by atoms with E-state index >= 15 is 0 Å². The summed E-state index contributed by atoms with van der Waals surface area (Å²) in [5, 5.41) is 13.9. The number of unbranched alkanes of at least 4 members (excludes halogenated alkanes) is 47. The topological polar surface area (TPSA) is 108 Å². The minimum Gasteiger partial charge on any atom is -0.756 e. The molecule has 2 N–H and O–H groups in total. The molecule has 1 amide bonds. The van der Waals surface area contributed by atoms with Crippen molar-refractivity contribution >= 4 is 13.7 Å². The molecule has 0 heterocycles. The van der Waals surface area contributed by atoms with Crippen LogP contribution in [0.5, 0.6) is 0 Å². The number of carbonyl (C=O) groups excluding carboxylic acids is 1. The van der Waals surface area contributed by atoms with Gasteiger partial charge in [-0.2, -0.15) is 0 Å². The van der Waals surface area contributed by atoms with Gasteiger partial charge in [0, 0.05) is 6.42 Å². The van der Waals surface area contributed by atoms with Gasteiger partial charge in [0.1, 0.15) is 13.2 Å². The van der Waals surface area contributed by atoms with Crippen LogP contribution in [0, 0.1) is 0 Å². The highest BCUT2D eigenvalue weighted by atomic mass is 31.2. The quantitative estimate of drug-likeness (QED) is 0.0272. The highest BCUT2D eigenvalue weighted by molar-refractivity contribution is 7.45. The third-order valence-electron chi connectivity index (χ3n) is 15.8. The fourth-order valence-corrected chi connectivity index (χ4v) is 11.2. The molecule has 0 aliphatic rings. The van der Waals surface area contributed by atoms with E-state index in [2.05, 4.69) is 43.5 Å². The molecule has 9 heteroatoms. The van der Waals surface area contributed by atoms with Crippen molar-refractivity contribution in [2.24, 2.45) is 0 Å². The van der Waals surface area contributed by atoms with Crippen molar-refractivity contribution in [3.8, 4) is 0 Å². The monoisotopic (exact) mass is 1120 g/mol. The zero-order valence-corrected chi connectivity index (χ0v) is 53.8. The summed E-state index contributed by atoms with van der Waals surface area (Å²) in [7, 11) is 1.25. The van der Waals surface area contributed by atoms with Gasteiger partial charge in [-0.05, 0) is 44.9 Å². The third kappa shape index (κ3) is 62.3. The van der Waals surface area contributed by atoms with E-state index in [1.807, 2.05) is 27.2 Å². The van der Waals surface area contributed by atoms with Gasteiger partial charge < -0.3 is 28.8 Å². The molecule has 0 aromatic rings. The van der Waals surface area contributed by atoms with Crippen molar-refractivity contribution in [3.63, 3.8) is 0 Å². The highest BCUT2D eigenvalue weighted by Gasteiger charge is 2.23. The number of likely N-dealkylation sites (N-methyl/N-ethyl adjacent to an activating group) is 1. The number of quaternary nitrogens is 1. The van der Waals surface area contributed by atoms with Crippen molar-refractivity contribution in [2.45, 2.75) is 360 Å². The Morgan fingerprint density at radius 2 is 0.718 bits per heavy atom. The third-order valence-corrected chi connectivity index (χ3v) is 16.8. The summed E-state index contributed by atoms with van der Waals surface area (Å²) in [5.41, 5.74) is 0. The number of hydrogen-bond acceptors (Lipinski definition) is 6. The predicted molar refractivity (Wildman–Crippen MR) is 339 cm³/mol. The molecule has 0 aromatic heterocycles. The molecule has 0 bridgehead atoms. The van der Waals surface area contributed by atoms with Crippen molar-refractivity contribution in [1.82, 2.24) is 5.32 Å². The molecule has 8 nitrogen and oxygen atoms in total. The largest absolute Gasteiger partial charge is 0.756 e. The summed E-state index contributed by atoms with van der Waals surface area (Å²) in [6.07, 6.45) is 79.9. The van der Waals surface area contributed by atoms with Gasteiger partial charge in [-0.15, -0.1) is 0 Å². The number of nitrogens with one attached hydrogen (secondary N) is 1. The lowest BCUT2D eigenvalue weighted by Gasteiger charge is -2.29. The molecule has 78 heavy (non-hydrogen) atoms. The number of hydrogen-bond donors (Lipinski definition) is 2. The van der Waals surface area contributed by atoms with Crippen molar-refractivity contribution in [3.05, 3.63) is 36.5 Å². The molecule has 0 aliphatic heterocycles. The maximum Gasteiger partial charge on any atom is 0.268 e. The van der Waals surface area contributed by atoms with Gasteiger partial charge in [0.15, 0.2) is 0 Å². The fraction of sp³-hybridized carbons (Fsp3) is 0.899. The standard InChI is InChI=1S/C69H135N2O6P/c1-6-8-10-12-14-16-18-20-22-24-26-28-30-32-34-36-38-40-42-44-46-48-50-52-54-56-58-60-62-68(72)67(66-77-78(74,75)76-65-64-71(3,4)5)70-69(73)63-61-59-57-55-53-51-49-47-45-43-41-39-37-35-33-31-29-27-25-23-21-19-17-15-13-11-9-7-2/h44,46,52,54,60,62,67-68,72H,6-43,45,47-51,53,55-59,61,63-66H2,1-5H3,(H-,70,73,74,75)/b46-44+,54-52+,62-60+. The maximum atomic E-state index is 13.0. The number of nitrogens with zero attached hydrogens (tertiary/aromatic N) is 1. The fourth-order valence-electron chi connectivity index (χ4n) is 10.5. The summed E-state index contributed by atoms with van der Waals surface area (Å²) < 4.78 is 23.4. The van der Waals surface area contributed by atoms with Gasteiger partial charge >= 0.3 is 0 Å². The van der Waals surface area contributed by atoms with E-state index < -0.39 is 26.6 Å². The molecular weight excluding hydrogens is 984 g/mol. The predicted octanol–water partition coefficient (Wildman–Crippen LogP) is 21.0. The first kappa shape index (κ1) is 76.7. The minimum absolute atomic E-state index is 0.00710. The van der Waals surface area contributed by atoms with Crippen LogP contribution in [0.25, 0.3) is 0 Å². The number of phosphoric acid groups is 1. The number of aliphatic hydroxyl groups is 1. The van der Waals surface area contributed by atoms with Crippen molar-refractivity contribution < 1.29 is 32.9 Å². The van der Waals surface area contributed by atoms with Crippen LogP contribution in [0.4, 0.5) is 0 Å². The molecule has 0 saturated carbocycles. The Morgan fingerprint density at radius 3 is 1.04 bits per heavy atom. The lowest BCUT2D eigenvalue weighted by atomic mass is 10.0. The van der Waals surface area contributed by atoms with Gasteiger partial charge in [0.25, 0.3) is 7.82 Å². The van der Waals surface area contributed by atoms with Crippen LogP contribution in [0.3, 0.4) is 0 Å². The summed E-state index contributed by atoms with van der Waals surface area (Å²) in [4.78, 5) is 25.6. The van der Waals surface area contributed by atoms with E-state index in [9.17, 15) is 19.4 Å². The van der Waals surface area contributed by atoms with Crippen LogP contribution in [0.2, 0.25) is 0 Å². The Hall–Kier alpha value is -1.28. The van der Waals surface area contributed by atoms with Gasteiger partial charge in [0.2, 0.25) is 5.91 Å². The number of amides is 1. The van der Waals surface area contributed by atoms with E-state index in [1.54, 1.807) is 6.08 Å². The van der Waals surface area contributed by atoms with Crippen molar-refractivity contribution in [2.75, 3.05) is 40.9 Å². The average molecular weight is 1120 g/mol. The smallest absolute Gasteiger partial charge is 0.268 e. The first-order valence-electron chi connectivity index (χ1n) is 34.4. The molecule has 0 fully saturated rings. The van der Waals surface area contributed by atoms with Crippen LogP contribution in [-0.4, -0.2) is 68.5 Å². The summed E-state index contributed by atoms with van der Waals surface area (Å²) >= 11 is 0. The van der Waals surface area contributed by atoms with E-state index in [4.69, 9.17) is 9.05 Å². The SMILES string of the molecule is CCCCCCCCCCCCCCCCCCCC/C=C/CC/C=C/CC/C=C/C(O)C(COP(=O)([O-])OCC[N+](C)(C)C)NC(=O)CCCCCCCCCCCCCCCCCCCCCCCCCCCCCC. The number of phosphoric ester groups is 1. The molecule has 0 saturated heterocycles. The second kappa shape index (κ2) is 60.3.